The second-order valence-electron chi connectivity index (χ2n) is 8.90. The van der Waals surface area contributed by atoms with Crippen molar-refractivity contribution in [3.63, 3.8) is 0 Å². The zero-order valence-electron chi connectivity index (χ0n) is 22.2. The molecule has 0 spiro atoms. The normalized spacial score (nSPS) is 12.4. The van der Waals surface area contributed by atoms with Crippen LogP contribution in [0.15, 0.2) is 42.5 Å². The number of halogens is 3. The summed E-state index contributed by atoms with van der Waals surface area (Å²) in [7, 11) is 0. The third-order valence-corrected chi connectivity index (χ3v) is 7.32. The Balaban J connectivity index is 1.48. The molecule has 0 radical (unpaired) electrons. The predicted octanol–water partition coefficient (Wildman–Crippen LogP) is 7.36. The molecule has 206 valence electrons. The zero-order valence-corrected chi connectivity index (χ0v) is 23.0. The van der Waals surface area contributed by atoms with Gasteiger partial charge in [-0.1, -0.05) is 18.2 Å². The first-order valence-corrected chi connectivity index (χ1v) is 13.6. The summed E-state index contributed by atoms with van der Waals surface area (Å²) in [6.07, 6.45) is -1.94. The van der Waals surface area contributed by atoms with Crippen molar-refractivity contribution in [1.82, 2.24) is 4.98 Å². The summed E-state index contributed by atoms with van der Waals surface area (Å²) in [5.41, 5.74) is 2.96. The Hall–Kier alpha value is -2.91. The lowest BCUT2D eigenvalue weighted by atomic mass is 10.0. The van der Waals surface area contributed by atoms with E-state index in [1.165, 1.54) is 23.5 Å². The maximum atomic E-state index is 12.8. The number of rotatable bonds is 13. The Morgan fingerprint density at radius 2 is 1.76 bits per heavy atom. The number of hydrogen-bond donors (Lipinski definition) is 0. The topological polar surface area (TPSA) is 57.7 Å². The number of carbonyl (C=O) groups excluding carboxylic acids is 1. The number of carbonyl (C=O) groups is 1. The molecule has 0 bridgehead atoms. The van der Waals surface area contributed by atoms with E-state index in [0.29, 0.717) is 31.8 Å². The van der Waals surface area contributed by atoms with Crippen molar-refractivity contribution in [2.24, 2.45) is 0 Å². The molecule has 9 heteroatoms. The Morgan fingerprint density at radius 1 is 1.03 bits per heavy atom. The highest BCUT2D eigenvalue weighted by Crippen LogP contribution is 2.33. The van der Waals surface area contributed by atoms with Gasteiger partial charge in [-0.25, -0.2) is 9.78 Å². The number of aryl methyl sites for hydroxylation is 3. The molecule has 3 aromatic rings. The standard InChI is InChI=1S/C29H34F3NO4S/c1-5-35-25(28(34)36-6-2)18-22-12-15-24(17-19(22)3)37-16-8-7-9-26-20(4)33-27(38-26)21-10-13-23(14-11-21)29(30,31)32/h10-15,17,25H,5-9,16,18H2,1-4H3. The van der Waals surface area contributed by atoms with Crippen LogP contribution in [0.5, 0.6) is 5.75 Å². The van der Waals surface area contributed by atoms with E-state index >= 15 is 0 Å². The second-order valence-corrected chi connectivity index (χ2v) is 9.98. The van der Waals surface area contributed by atoms with Gasteiger partial charge < -0.3 is 14.2 Å². The number of hydrogen-bond acceptors (Lipinski definition) is 6. The van der Waals surface area contributed by atoms with Gasteiger partial charge in [0.2, 0.25) is 0 Å². The lowest BCUT2D eigenvalue weighted by Gasteiger charge is -2.17. The number of benzene rings is 2. The first-order valence-electron chi connectivity index (χ1n) is 12.8. The fraction of sp³-hybridized carbons (Fsp3) is 0.448. The van der Waals surface area contributed by atoms with E-state index in [2.05, 4.69) is 4.98 Å². The van der Waals surface area contributed by atoms with Crippen molar-refractivity contribution in [3.05, 3.63) is 69.7 Å². The highest BCUT2D eigenvalue weighted by Gasteiger charge is 2.30. The molecular formula is C29H34F3NO4S. The number of esters is 1. The van der Waals surface area contributed by atoms with E-state index in [1.807, 2.05) is 39.0 Å². The van der Waals surface area contributed by atoms with Gasteiger partial charge in [0.1, 0.15) is 10.8 Å². The first-order chi connectivity index (χ1) is 18.1. The van der Waals surface area contributed by atoms with E-state index in [-0.39, 0.29) is 5.97 Å². The lowest BCUT2D eigenvalue weighted by Crippen LogP contribution is -2.29. The van der Waals surface area contributed by atoms with Gasteiger partial charge in [0.25, 0.3) is 0 Å². The molecule has 38 heavy (non-hydrogen) atoms. The molecule has 0 fully saturated rings. The number of ether oxygens (including phenoxy) is 3. The van der Waals surface area contributed by atoms with Crippen LogP contribution in [0.3, 0.4) is 0 Å². The molecule has 0 aliphatic carbocycles. The minimum Gasteiger partial charge on any atom is -0.494 e. The van der Waals surface area contributed by atoms with E-state index in [4.69, 9.17) is 14.2 Å². The molecular weight excluding hydrogens is 515 g/mol. The molecule has 1 atom stereocenters. The minimum absolute atomic E-state index is 0.317. The fourth-order valence-corrected chi connectivity index (χ4v) is 5.11. The summed E-state index contributed by atoms with van der Waals surface area (Å²) < 4.78 is 55.1. The monoisotopic (exact) mass is 549 g/mol. The van der Waals surface area contributed by atoms with Crippen molar-refractivity contribution in [2.75, 3.05) is 19.8 Å². The van der Waals surface area contributed by atoms with Crippen LogP contribution in [-0.2, 0) is 33.3 Å². The van der Waals surface area contributed by atoms with Crippen molar-refractivity contribution in [2.45, 2.75) is 65.7 Å². The van der Waals surface area contributed by atoms with Crippen molar-refractivity contribution in [1.29, 1.82) is 0 Å². The van der Waals surface area contributed by atoms with Gasteiger partial charge in [0, 0.05) is 23.5 Å². The molecule has 0 saturated carbocycles. The maximum absolute atomic E-state index is 12.8. The number of unbranched alkanes of at least 4 members (excludes halogenated alkanes) is 1. The Kier molecular flexibility index (Phi) is 10.7. The van der Waals surface area contributed by atoms with Gasteiger partial charge in [-0.3, -0.25) is 0 Å². The third kappa shape index (κ3) is 8.30. The molecule has 1 aromatic heterocycles. The van der Waals surface area contributed by atoms with Gasteiger partial charge in [-0.05, 0) is 82.3 Å². The summed E-state index contributed by atoms with van der Waals surface area (Å²) >= 11 is 1.52. The van der Waals surface area contributed by atoms with E-state index < -0.39 is 17.8 Å². The van der Waals surface area contributed by atoms with Gasteiger partial charge in [-0.2, -0.15) is 13.2 Å². The Bertz CT molecular complexity index is 1190. The number of alkyl halides is 3. The van der Waals surface area contributed by atoms with Crippen LogP contribution < -0.4 is 4.74 Å². The first kappa shape index (κ1) is 29.6. The van der Waals surface area contributed by atoms with Crippen LogP contribution in [0.2, 0.25) is 0 Å². The van der Waals surface area contributed by atoms with Crippen LogP contribution in [0, 0.1) is 13.8 Å². The average Bonchev–Trinajstić information content (AvgIpc) is 3.25. The van der Waals surface area contributed by atoms with Gasteiger partial charge >= 0.3 is 12.1 Å². The zero-order chi connectivity index (χ0) is 27.7. The molecule has 0 amide bonds. The number of nitrogens with zero attached hydrogens (tertiary/aromatic N) is 1. The SMILES string of the molecule is CCOC(=O)C(Cc1ccc(OCCCCc2sc(-c3ccc(C(F)(F)F)cc3)nc2C)cc1C)OCC. The van der Waals surface area contributed by atoms with Gasteiger partial charge in [-0.15, -0.1) is 11.3 Å². The van der Waals surface area contributed by atoms with E-state index in [0.717, 1.165) is 63.9 Å². The largest absolute Gasteiger partial charge is 0.494 e. The third-order valence-electron chi connectivity index (χ3n) is 6.06. The highest BCUT2D eigenvalue weighted by atomic mass is 32.1. The van der Waals surface area contributed by atoms with Crippen molar-refractivity contribution in [3.8, 4) is 16.3 Å². The second kappa shape index (κ2) is 13.8. The maximum Gasteiger partial charge on any atom is 0.416 e. The molecule has 0 N–H and O–H groups in total. The Morgan fingerprint density at radius 3 is 2.39 bits per heavy atom. The number of aromatic nitrogens is 1. The average molecular weight is 550 g/mol. The van der Waals surface area contributed by atoms with E-state index in [1.54, 1.807) is 6.92 Å². The molecule has 2 aromatic carbocycles. The predicted molar refractivity (Wildman–Crippen MR) is 143 cm³/mol. The van der Waals surface area contributed by atoms with Crippen LogP contribution in [0.4, 0.5) is 13.2 Å². The summed E-state index contributed by atoms with van der Waals surface area (Å²) in [4.78, 5) is 17.8. The summed E-state index contributed by atoms with van der Waals surface area (Å²) in [6.45, 7) is 8.85. The summed E-state index contributed by atoms with van der Waals surface area (Å²) in [5, 5.41) is 0.729. The van der Waals surface area contributed by atoms with Crippen molar-refractivity contribution < 1.29 is 32.2 Å². The van der Waals surface area contributed by atoms with Crippen LogP contribution in [0.1, 0.15) is 54.0 Å². The van der Waals surface area contributed by atoms with Gasteiger partial charge in [0.05, 0.1) is 24.5 Å². The highest BCUT2D eigenvalue weighted by molar-refractivity contribution is 7.15. The molecule has 0 aliphatic rings. The number of thiazole rings is 1. The smallest absolute Gasteiger partial charge is 0.416 e. The quantitative estimate of drug-likeness (QED) is 0.165. The molecule has 3 rings (SSSR count). The van der Waals surface area contributed by atoms with E-state index in [9.17, 15) is 18.0 Å². The van der Waals surface area contributed by atoms with Crippen LogP contribution >= 0.6 is 11.3 Å². The minimum atomic E-state index is -4.35. The molecule has 1 unspecified atom stereocenters. The van der Waals surface area contributed by atoms with Crippen molar-refractivity contribution >= 4 is 17.3 Å². The summed E-state index contributed by atoms with van der Waals surface area (Å²) in [5.74, 6) is 0.422. The lowest BCUT2D eigenvalue weighted by molar-refractivity contribution is -0.156. The molecule has 0 aliphatic heterocycles. The van der Waals surface area contributed by atoms with Gasteiger partial charge in [0.15, 0.2) is 6.10 Å². The Labute approximate surface area is 226 Å². The fourth-order valence-electron chi connectivity index (χ4n) is 4.00. The van der Waals surface area contributed by atoms with Crippen LogP contribution in [0.25, 0.3) is 10.6 Å². The summed E-state index contributed by atoms with van der Waals surface area (Å²) in [6, 6.07) is 11.0. The molecule has 0 saturated heterocycles. The molecule has 1 heterocycles. The molecule has 5 nitrogen and oxygen atoms in total. The van der Waals surface area contributed by atoms with Crippen LogP contribution in [-0.4, -0.2) is 36.9 Å².